The Morgan fingerprint density at radius 3 is 2.30 bits per heavy atom. The van der Waals surface area contributed by atoms with Gasteiger partial charge in [-0.3, -0.25) is 19.3 Å². The highest BCUT2D eigenvalue weighted by atomic mass is 16.5. The first-order chi connectivity index (χ1) is 14.0. The molecule has 1 saturated heterocycles. The third-order valence-corrected chi connectivity index (χ3v) is 6.33. The predicted octanol–water partition coefficient (Wildman–Crippen LogP) is 3.25. The van der Waals surface area contributed by atoms with Gasteiger partial charge in [0.1, 0.15) is 12.1 Å². The first-order valence-electron chi connectivity index (χ1n) is 10.4. The lowest BCUT2D eigenvalue weighted by Gasteiger charge is -2.40. The van der Waals surface area contributed by atoms with E-state index in [0.717, 1.165) is 23.3 Å². The second-order valence-corrected chi connectivity index (χ2v) is 9.49. The summed E-state index contributed by atoms with van der Waals surface area (Å²) in [5.41, 5.74) is 0.697. The molecule has 0 bridgehead atoms. The Hall–Kier alpha value is -2.70. The number of hydrogen-bond donors (Lipinski definition) is 1. The molecule has 30 heavy (non-hydrogen) atoms. The molecule has 1 aromatic carbocycles. The number of rotatable bonds is 5. The van der Waals surface area contributed by atoms with Crippen LogP contribution in [0.25, 0.3) is 0 Å². The molecular weight excluding hydrogens is 384 g/mol. The van der Waals surface area contributed by atoms with E-state index in [9.17, 15) is 19.2 Å². The van der Waals surface area contributed by atoms with Crippen LogP contribution in [-0.4, -0.2) is 47.3 Å². The Labute approximate surface area is 177 Å². The molecule has 2 fully saturated rings. The van der Waals surface area contributed by atoms with E-state index in [4.69, 9.17) is 4.74 Å². The first-order valence-corrected chi connectivity index (χ1v) is 10.4. The zero-order chi connectivity index (χ0) is 22.1. The monoisotopic (exact) mass is 414 g/mol. The third kappa shape index (κ3) is 4.55. The van der Waals surface area contributed by atoms with Gasteiger partial charge in [0.2, 0.25) is 0 Å². The van der Waals surface area contributed by atoms with Gasteiger partial charge in [-0.15, -0.1) is 0 Å². The van der Waals surface area contributed by atoms with Gasteiger partial charge in [0.15, 0.2) is 12.4 Å². The van der Waals surface area contributed by atoms with Crippen molar-refractivity contribution in [3.05, 3.63) is 35.4 Å². The van der Waals surface area contributed by atoms with E-state index in [0.29, 0.717) is 24.3 Å². The molecule has 1 heterocycles. The van der Waals surface area contributed by atoms with E-state index >= 15 is 0 Å². The lowest BCUT2D eigenvalue weighted by molar-refractivity contribution is -0.147. The molecule has 2 aliphatic rings. The summed E-state index contributed by atoms with van der Waals surface area (Å²) in [5, 5.41) is 2.81. The highest BCUT2D eigenvalue weighted by Crippen LogP contribution is 2.43. The van der Waals surface area contributed by atoms with Crippen LogP contribution in [0.15, 0.2) is 24.3 Å². The van der Waals surface area contributed by atoms with Crippen molar-refractivity contribution in [2.75, 3.05) is 13.2 Å². The smallest absolute Gasteiger partial charge is 0.326 e. The molecule has 0 unspecified atom stereocenters. The van der Waals surface area contributed by atoms with E-state index in [1.54, 1.807) is 24.3 Å². The normalized spacial score (nSPS) is 24.1. The number of hydrogen-bond acceptors (Lipinski definition) is 5. The minimum absolute atomic E-state index is 0.154. The summed E-state index contributed by atoms with van der Waals surface area (Å²) in [6, 6.07) is 6.36. The number of ketones is 1. The second kappa shape index (κ2) is 8.20. The van der Waals surface area contributed by atoms with Crippen LogP contribution in [0.2, 0.25) is 0 Å². The summed E-state index contributed by atoms with van der Waals surface area (Å²) in [5.74, 6) is -1.00. The summed E-state index contributed by atoms with van der Waals surface area (Å²) in [6.45, 7) is 7.55. The van der Waals surface area contributed by atoms with Gasteiger partial charge in [0.05, 0.1) is 0 Å². The molecule has 0 atom stereocenters. The van der Waals surface area contributed by atoms with Gasteiger partial charge in [-0.2, -0.15) is 0 Å². The summed E-state index contributed by atoms with van der Waals surface area (Å²) < 4.78 is 5.02. The van der Waals surface area contributed by atoms with E-state index in [1.165, 1.54) is 0 Å². The van der Waals surface area contributed by atoms with Crippen LogP contribution in [0, 0.1) is 18.3 Å². The summed E-state index contributed by atoms with van der Waals surface area (Å²) in [4.78, 5) is 50.6. The third-order valence-electron chi connectivity index (χ3n) is 6.33. The standard InChI is InChI=1S/C23H30N2O5/c1-15-5-7-16(8-6-15)18(26)14-30-19(27)13-25-20(28)23(24-21(25)29)11-9-17(10-12-23)22(2,3)4/h5-8,17H,9-14H2,1-4H3,(H,24,29). The van der Waals surface area contributed by atoms with E-state index < -0.39 is 30.7 Å². The number of Topliss-reactive ketones (excluding diaryl/α,β-unsaturated/α-hetero) is 1. The van der Waals surface area contributed by atoms with Crippen molar-refractivity contribution >= 4 is 23.7 Å². The number of amides is 3. The van der Waals surface area contributed by atoms with Crippen LogP contribution >= 0.6 is 0 Å². The fourth-order valence-electron chi connectivity index (χ4n) is 4.28. The minimum atomic E-state index is -0.920. The predicted molar refractivity (Wildman–Crippen MR) is 111 cm³/mol. The van der Waals surface area contributed by atoms with E-state index in [2.05, 4.69) is 26.1 Å². The van der Waals surface area contributed by atoms with Crippen LogP contribution in [0.3, 0.4) is 0 Å². The maximum atomic E-state index is 12.9. The van der Waals surface area contributed by atoms with Crippen molar-refractivity contribution < 1.29 is 23.9 Å². The minimum Gasteiger partial charge on any atom is -0.456 e. The Morgan fingerprint density at radius 1 is 1.13 bits per heavy atom. The van der Waals surface area contributed by atoms with Crippen LogP contribution in [-0.2, 0) is 14.3 Å². The molecule has 3 amide bonds. The van der Waals surface area contributed by atoms with E-state index in [-0.39, 0.29) is 17.1 Å². The zero-order valence-corrected chi connectivity index (χ0v) is 18.1. The lowest BCUT2D eigenvalue weighted by Crippen LogP contribution is -2.50. The largest absolute Gasteiger partial charge is 0.456 e. The molecule has 0 radical (unpaired) electrons. The van der Waals surface area contributed by atoms with Crippen LogP contribution in [0.1, 0.15) is 62.4 Å². The number of esters is 1. The fraction of sp³-hybridized carbons (Fsp3) is 0.565. The number of imide groups is 1. The van der Waals surface area contributed by atoms with Crippen molar-refractivity contribution in [1.82, 2.24) is 10.2 Å². The Kier molecular flexibility index (Phi) is 6.01. The lowest BCUT2D eigenvalue weighted by atomic mass is 9.67. The molecule has 3 rings (SSSR count). The number of nitrogens with one attached hydrogen (secondary N) is 1. The fourth-order valence-corrected chi connectivity index (χ4v) is 4.28. The molecule has 1 aromatic rings. The highest BCUT2D eigenvalue weighted by Gasteiger charge is 2.53. The maximum absolute atomic E-state index is 12.9. The van der Waals surface area contributed by atoms with Crippen molar-refractivity contribution in [3.63, 3.8) is 0 Å². The molecule has 7 heteroatoms. The molecule has 1 aliphatic carbocycles. The summed E-state index contributed by atoms with van der Waals surface area (Å²) in [6.07, 6.45) is 2.83. The summed E-state index contributed by atoms with van der Waals surface area (Å²) in [7, 11) is 0. The average molecular weight is 415 g/mol. The van der Waals surface area contributed by atoms with Gasteiger partial charge in [0.25, 0.3) is 5.91 Å². The van der Waals surface area contributed by atoms with Crippen LogP contribution < -0.4 is 5.32 Å². The quantitative estimate of drug-likeness (QED) is 0.454. The van der Waals surface area contributed by atoms with Crippen molar-refractivity contribution in [1.29, 1.82) is 0 Å². The van der Waals surface area contributed by atoms with Gasteiger partial charge in [-0.25, -0.2) is 4.79 Å². The van der Waals surface area contributed by atoms with Crippen LogP contribution in [0.4, 0.5) is 4.79 Å². The first kappa shape index (κ1) is 22.0. The molecular formula is C23H30N2O5. The Bertz CT molecular complexity index is 845. The van der Waals surface area contributed by atoms with Crippen molar-refractivity contribution in [2.24, 2.45) is 11.3 Å². The number of carbonyl (C=O) groups excluding carboxylic acids is 4. The zero-order valence-electron chi connectivity index (χ0n) is 18.1. The maximum Gasteiger partial charge on any atom is 0.326 e. The Balaban J connectivity index is 1.55. The van der Waals surface area contributed by atoms with Crippen LogP contribution in [0.5, 0.6) is 0 Å². The number of nitrogens with zero attached hydrogens (tertiary/aromatic N) is 1. The van der Waals surface area contributed by atoms with E-state index in [1.807, 2.05) is 6.92 Å². The SMILES string of the molecule is Cc1ccc(C(=O)COC(=O)CN2C(=O)NC3(CCC(C(C)(C)C)CC3)C2=O)cc1. The second-order valence-electron chi connectivity index (χ2n) is 9.49. The van der Waals surface area contributed by atoms with Crippen molar-refractivity contribution in [2.45, 2.75) is 58.9 Å². The number of aryl methyl sites for hydroxylation is 1. The molecule has 1 N–H and O–H groups in total. The van der Waals surface area contributed by atoms with Gasteiger partial charge in [-0.05, 0) is 43.9 Å². The number of carbonyl (C=O) groups is 4. The topological polar surface area (TPSA) is 92.8 Å². The Morgan fingerprint density at radius 2 is 1.73 bits per heavy atom. The summed E-state index contributed by atoms with van der Waals surface area (Å²) >= 11 is 0. The average Bonchev–Trinajstić information content (AvgIpc) is 2.90. The number of urea groups is 1. The molecule has 1 saturated carbocycles. The van der Waals surface area contributed by atoms with Gasteiger partial charge in [-0.1, -0.05) is 50.6 Å². The van der Waals surface area contributed by atoms with Gasteiger partial charge in [0, 0.05) is 5.56 Å². The molecule has 7 nitrogen and oxygen atoms in total. The molecule has 0 aromatic heterocycles. The number of ether oxygens (including phenoxy) is 1. The number of benzene rings is 1. The molecule has 1 aliphatic heterocycles. The molecule has 1 spiro atoms. The van der Waals surface area contributed by atoms with Gasteiger partial charge < -0.3 is 10.1 Å². The van der Waals surface area contributed by atoms with Gasteiger partial charge >= 0.3 is 12.0 Å². The molecule has 162 valence electrons. The highest BCUT2D eigenvalue weighted by molar-refractivity contribution is 6.09. The van der Waals surface area contributed by atoms with Crippen molar-refractivity contribution in [3.8, 4) is 0 Å².